The lowest BCUT2D eigenvalue weighted by Crippen LogP contribution is -2.48. The van der Waals surface area contributed by atoms with E-state index in [0.29, 0.717) is 26.0 Å². The monoisotopic (exact) mass is 353 g/mol. The summed E-state index contributed by atoms with van der Waals surface area (Å²) < 4.78 is 5.42. The third kappa shape index (κ3) is 3.97. The molecular weight excluding hydrogens is 326 g/mol. The van der Waals surface area contributed by atoms with Crippen LogP contribution < -0.4 is 0 Å². The van der Waals surface area contributed by atoms with E-state index in [-0.39, 0.29) is 5.97 Å². The Labute approximate surface area is 155 Å². The Kier molecular flexibility index (Phi) is 6.07. The number of esters is 1. The lowest BCUT2D eigenvalue weighted by molar-refractivity contribution is -0.152. The van der Waals surface area contributed by atoms with Gasteiger partial charge >= 0.3 is 5.97 Å². The van der Waals surface area contributed by atoms with Crippen LogP contribution in [0.4, 0.5) is 0 Å². The summed E-state index contributed by atoms with van der Waals surface area (Å²) in [5.41, 5.74) is 1.38. The Morgan fingerprint density at radius 3 is 2.23 bits per heavy atom. The Hall–Kier alpha value is -2.17. The van der Waals surface area contributed by atoms with Crippen LogP contribution in [-0.4, -0.2) is 42.2 Å². The van der Waals surface area contributed by atoms with Gasteiger partial charge in [-0.1, -0.05) is 60.7 Å². The van der Waals surface area contributed by atoms with Gasteiger partial charge in [0.2, 0.25) is 0 Å². The molecule has 26 heavy (non-hydrogen) atoms. The molecule has 1 atom stereocenters. The summed E-state index contributed by atoms with van der Waals surface area (Å²) in [6, 6.07) is 19.7. The number of benzene rings is 2. The topological polar surface area (TPSA) is 49.8 Å². The largest absolute Gasteiger partial charge is 0.465 e. The van der Waals surface area contributed by atoms with Crippen molar-refractivity contribution in [2.75, 3.05) is 26.2 Å². The van der Waals surface area contributed by atoms with Gasteiger partial charge in [0, 0.05) is 6.54 Å². The first-order valence-electron chi connectivity index (χ1n) is 9.34. The van der Waals surface area contributed by atoms with E-state index in [1.165, 1.54) is 0 Å². The number of likely N-dealkylation sites (tertiary alicyclic amines) is 1. The van der Waals surface area contributed by atoms with Crippen molar-refractivity contribution in [1.82, 2.24) is 4.90 Å². The van der Waals surface area contributed by atoms with E-state index in [0.717, 1.165) is 24.2 Å². The molecule has 0 spiro atoms. The predicted molar refractivity (Wildman–Crippen MR) is 102 cm³/mol. The van der Waals surface area contributed by atoms with Crippen LogP contribution in [-0.2, 0) is 14.9 Å². The molecule has 1 aliphatic rings. The van der Waals surface area contributed by atoms with Crippen molar-refractivity contribution in [2.24, 2.45) is 0 Å². The highest BCUT2D eigenvalue weighted by molar-refractivity contribution is 5.83. The number of aliphatic hydroxyl groups excluding tert-OH is 1. The summed E-state index contributed by atoms with van der Waals surface area (Å²) in [5, 5.41) is 10.5. The minimum Gasteiger partial charge on any atom is -0.465 e. The van der Waals surface area contributed by atoms with Crippen LogP contribution in [0.25, 0.3) is 0 Å². The standard InChI is InChI=1S/C22H27NO3/c1-2-26-21(25)22(19-11-7-4-8-12-19)13-15-23(16-14-22)17-20(24)18-9-5-3-6-10-18/h3-12,20,24H,2,13-17H2,1H3/t20-/m1/s1. The highest BCUT2D eigenvalue weighted by atomic mass is 16.5. The molecule has 0 aliphatic carbocycles. The molecule has 0 unspecified atom stereocenters. The lowest BCUT2D eigenvalue weighted by Gasteiger charge is -2.40. The normalized spacial score (nSPS) is 18.2. The molecule has 1 fully saturated rings. The zero-order chi connectivity index (χ0) is 18.4. The molecule has 1 saturated heterocycles. The molecule has 3 rings (SSSR count). The van der Waals surface area contributed by atoms with Crippen molar-refractivity contribution < 1.29 is 14.6 Å². The van der Waals surface area contributed by atoms with E-state index in [2.05, 4.69) is 4.90 Å². The summed E-state index contributed by atoms with van der Waals surface area (Å²) in [6.07, 6.45) is 0.900. The summed E-state index contributed by atoms with van der Waals surface area (Å²) >= 11 is 0. The average Bonchev–Trinajstić information content (AvgIpc) is 2.70. The molecule has 0 saturated carbocycles. The quantitative estimate of drug-likeness (QED) is 0.810. The minimum atomic E-state index is -0.578. The van der Waals surface area contributed by atoms with Crippen LogP contribution in [0.15, 0.2) is 60.7 Å². The second-order valence-corrected chi connectivity index (χ2v) is 6.90. The molecular formula is C22H27NO3. The molecule has 4 heteroatoms. The van der Waals surface area contributed by atoms with Crippen molar-refractivity contribution in [1.29, 1.82) is 0 Å². The fraction of sp³-hybridized carbons (Fsp3) is 0.409. The predicted octanol–water partition coefficient (Wildman–Crippen LogP) is 3.32. The van der Waals surface area contributed by atoms with Gasteiger partial charge in [-0.05, 0) is 44.0 Å². The van der Waals surface area contributed by atoms with E-state index in [1.807, 2.05) is 67.6 Å². The van der Waals surface area contributed by atoms with Gasteiger partial charge in [-0.2, -0.15) is 0 Å². The number of aliphatic hydroxyl groups is 1. The first kappa shape index (κ1) is 18.6. The van der Waals surface area contributed by atoms with Gasteiger partial charge in [0.25, 0.3) is 0 Å². The zero-order valence-electron chi connectivity index (χ0n) is 15.3. The number of ether oxygens (including phenoxy) is 1. The van der Waals surface area contributed by atoms with Crippen LogP contribution in [0.1, 0.15) is 37.0 Å². The molecule has 0 amide bonds. The van der Waals surface area contributed by atoms with Crippen molar-refractivity contribution in [2.45, 2.75) is 31.3 Å². The third-order valence-corrected chi connectivity index (χ3v) is 5.32. The number of rotatable bonds is 6. The van der Waals surface area contributed by atoms with Gasteiger partial charge < -0.3 is 14.7 Å². The molecule has 2 aromatic carbocycles. The van der Waals surface area contributed by atoms with E-state index < -0.39 is 11.5 Å². The summed E-state index contributed by atoms with van der Waals surface area (Å²) in [7, 11) is 0. The van der Waals surface area contributed by atoms with Crippen molar-refractivity contribution >= 4 is 5.97 Å². The molecule has 0 aromatic heterocycles. The first-order chi connectivity index (χ1) is 12.7. The van der Waals surface area contributed by atoms with Gasteiger partial charge in [0.1, 0.15) is 0 Å². The average molecular weight is 353 g/mol. The van der Waals surface area contributed by atoms with Crippen LogP contribution >= 0.6 is 0 Å². The zero-order valence-corrected chi connectivity index (χ0v) is 15.3. The van der Waals surface area contributed by atoms with Crippen molar-refractivity contribution in [3.05, 3.63) is 71.8 Å². The molecule has 138 valence electrons. The van der Waals surface area contributed by atoms with Crippen LogP contribution in [0.3, 0.4) is 0 Å². The van der Waals surface area contributed by atoms with Crippen LogP contribution in [0.2, 0.25) is 0 Å². The van der Waals surface area contributed by atoms with E-state index >= 15 is 0 Å². The van der Waals surface area contributed by atoms with Gasteiger partial charge in [-0.3, -0.25) is 4.79 Å². The number of carbonyl (C=O) groups is 1. The molecule has 2 aromatic rings. The molecule has 0 bridgehead atoms. The van der Waals surface area contributed by atoms with Gasteiger partial charge in [-0.15, -0.1) is 0 Å². The second kappa shape index (κ2) is 8.47. The summed E-state index contributed by atoms with van der Waals surface area (Å²) in [6.45, 7) is 4.35. The number of carbonyl (C=O) groups excluding carboxylic acids is 1. The molecule has 1 heterocycles. The fourth-order valence-electron chi connectivity index (χ4n) is 3.78. The fourth-order valence-corrected chi connectivity index (χ4v) is 3.78. The Morgan fingerprint density at radius 1 is 1.08 bits per heavy atom. The molecule has 4 nitrogen and oxygen atoms in total. The number of piperidine rings is 1. The molecule has 1 aliphatic heterocycles. The highest BCUT2D eigenvalue weighted by Crippen LogP contribution is 2.37. The SMILES string of the molecule is CCOC(=O)C1(c2ccccc2)CCN(C[C@@H](O)c2ccccc2)CC1. The van der Waals surface area contributed by atoms with E-state index in [9.17, 15) is 9.90 Å². The van der Waals surface area contributed by atoms with Crippen LogP contribution in [0, 0.1) is 0 Å². The van der Waals surface area contributed by atoms with E-state index in [4.69, 9.17) is 4.74 Å². The maximum absolute atomic E-state index is 12.8. The maximum atomic E-state index is 12.8. The molecule has 1 N–H and O–H groups in total. The Bertz CT molecular complexity index is 694. The van der Waals surface area contributed by atoms with Crippen molar-refractivity contribution in [3.8, 4) is 0 Å². The number of hydrogen-bond donors (Lipinski definition) is 1. The third-order valence-electron chi connectivity index (χ3n) is 5.32. The summed E-state index contributed by atoms with van der Waals surface area (Å²) in [5.74, 6) is -0.130. The Morgan fingerprint density at radius 2 is 1.65 bits per heavy atom. The second-order valence-electron chi connectivity index (χ2n) is 6.90. The number of nitrogens with zero attached hydrogens (tertiary/aromatic N) is 1. The minimum absolute atomic E-state index is 0.130. The highest BCUT2D eigenvalue weighted by Gasteiger charge is 2.44. The van der Waals surface area contributed by atoms with E-state index in [1.54, 1.807) is 0 Å². The molecule has 0 radical (unpaired) electrons. The smallest absolute Gasteiger partial charge is 0.316 e. The van der Waals surface area contributed by atoms with Gasteiger partial charge in [0.15, 0.2) is 0 Å². The van der Waals surface area contributed by atoms with Crippen molar-refractivity contribution in [3.63, 3.8) is 0 Å². The first-order valence-corrected chi connectivity index (χ1v) is 9.34. The lowest BCUT2D eigenvalue weighted by atomic mass is 9.72. The summed E-state index contributed by atoms with van der Waals surface area (Å²) in [4.78, 5) is 15.0. The maximum Gasteiger partial charge on any atom is 0.316 e. The van der Waals surface area contributed by atoms with Gasteiger partial charge in [-0.25, -0.2) is 0 Å². The Balaban J connectivity index is 1.70. The number of β-amino-alcohol motifs (C(OH)–C–C–N with tert-alkyl or cyclic N) is 1. The number of hydrogen-bond acceptors (Lipinski definition) is 4. The van der Waals surface area contributed by atoms with Crippen LogP contribution in [0.5, 0.6) is 0 Å². The van der Waals surface area contributed by atoms with Gasteiger partial charge in [0.05, 0.1) is 18.1 Å².